The number of thioether (sulfide) groups is 1. The number of furan rings is 1. The molecule has 6 nitrogen and oxygen atoms in total. The van der Waals surface area contributed by atoms with Crippen molar-refractivity contribution in [3.8, 4) is 0 Å². The second-order valence-corrected chi connectivity index (χ2v) is 7.62. The van der Waals surface area contributed by atoms with Crippen molar-refractivity contribution in [2.45, 2.75) is 44.8 Å². The van der Waals surface area contributed by atoms with E-state index in [-0.39, 0.29) is 5.56 Å². The molecule has 1 aromatic carbocycles. The molecule has 0 atom stereocenters. The average Bonchev–Trinajstić information content (AvgIpc) is 3.31. The Balaban J connectivity index is 1.82. The summed E-state index contributed by atoms with van der Waals surface area (Å²) in [5, 5.41) is 5.17. The van der Waals surface area contributed by atoms with Gasteiger partial charge in [-0.3, -0.25) is 14.0 Å². The number of rotatable bonds is 6. The Labute approximate surface area is 167 Å². The van der Waals surface area contributed by atoms with Gasteiger partial charge in [0.15, 0.2) is 10.7 Å². The molecule has 0 aliphatic rings. The summed E-state index contributed by atoms with van der Waals surface area (Å²) in [6.45, 7) is 6.94. The number of hydrogen-bond donors (Lipinski definition) is 0. The normalized spacial score (nSPS) is 11.4. The fourth-order valence-electron chi connectivity index (χ4n) is 3.24. The predicted molar refractivity (Wildman–Crippen MR) is 111 cm³/mol. The topological polar surface area (TPSA) is 65.8 Å². The third kappa shape index (κ3) is 3.38. The van der Waals surface area contributed by atoms with Crippen molar-refractivity contribution < 1.29 is 4.42 Å². The van der Waals surface area contributed by atoms with E-state index >= 15 is 0 Å². The summed E-state index contributed by atoms with van der Waals surface area (Å²) in [7, 11) is 0. The van der Waals surface area contributed by atoms with Gasteiger partial charge in [-0.25, -0.2) is 4.98 Å². The molecule has 7 heteroatoms. The zero-order chi connectivity index (χ0) is 19.7. The minimum Gasteiger partial charge on any atom is -0.467 e. The highest BCUT2D eigenvalue weighted by Crippen LogP contribution is 2.25. The Kier molecular flexibility index (Phi) is 5.09. The Hall–Kier alpha value is -2.80. The van der Waals surface area contributed by atoms with E-state index < -0.39 is 0 Å². The summed E-state index contributed by atoms with van der Waals surface area (Å²) < 4.78 is 8.91. The third-order valence-electron chi connectivity index (χ3n) is 4.79. The van der Waals surface area contributed by atoms with Crippen LogP contribution in [0.25, 0.3) is 11.0 Å². The van der Waals surface area contributed by atoms with E-state index in [0.717, 1.165) is 17.2 Å². The lowest BCUT2D eigenvalue weighted by molar-refractivity contribution is 0.476. The van der Waals surface area contributed by atoms with Crippen molar-refractivity contribution in [3.63, 3.8) is 0 Å². The zero-order valence-corrected chi connectivity index (χ0v) is 17.0. The summed E-state index contributed by atoms with van der Waals surface area (Å²) >= 11 is 1.56. The maximum Gasteiger partial charge on any atom is 0.280 e. The van der Waals surface area contributed by atoms with Crippen LogP contribution < -0.4 is 5.56 Å². The summed E-state index contributed by atoms with van der Waals surface area (Å²) in [6, 6.07) is 12.0. The molecular weight excluding hydrogens is 372 g/mol. The van der Waals surface area contributed by atoms with E-state index in [2.05, 4.69) is 24.2 Å². The molecule has 0 radical (unpaired) electrons. The number of benzene rings is 1. The van der Waals surface area contributed by atoms with Gasteiger partial charge in [0, 0.05) is 12.3 Å². The van der Waals surface area contributed by atoms with Crippen LogP contribution in [-0.4, -0.2) is 19.3 Å². The second-order valence-electron chi connectivity index (χ2n) is 6.68. The Morgan fingerprint density at radius 2 is 1.96 bits per heavy atom. The van der Waals surface area contributed by atoms with Gasteiger partial charge in [-0.2, -0.15) is 5.10 Å². The molecule has 0 aliphatic heterocycles. The van der Waals surface area contributed by atoms with Crippen LogP contribution in [0.4, 0.5) is 0 Å². The molecule has 0 amide bonds. The van der Waals surface area contributed by atoms with Gasteiger partial charge < -0.3 is 4.42 Å². The Morgan fingerprint density at radius 3 is 2.68 bits per heavy atom. The molecule has 0 fully saturated rings. The largest absolute Gasteiger partial charge is 0.467 e. The van der Waals surface area contributed by atoms with E-state index in [9.17, 15) is 4.79 Å². The smallest absolute Gasteiger partial charge is 0.280 e. The molecule has 0 saturated heterocycles. The highest BCUT2D eigenvalue weighted by molar-refractivity contribution is 7.98. The van der Waals surface area contributed by atoms with E-state index in [0.29, 0.717) is 29.3 Å². The average molecular weight is 395 g/mol. The van der Waals surface area contributed by atoms with E-state index in [4.69, 9.17) is 9.40 Å². The molecule has 0 spiro atoms. The lowest BCUT2D eigenvalue weighted by Crippen LogP contribution is -2.25. The maximum atomic E-state index is 13.4. The fourth-order valence-corrected chi connectivity index (χ4v) is 4.31. The molecule has 0 bridgehead atoms. The van der Waals surface area contributed by atoms with Gasteiger partial charge in [-0.1, -0.05) is 36.0 Å². The molecular formula is C21H22N4O2S. The van der Waals surface area contributed by atoms with Gasteiger partial charge in [0.25, 0.3) is 5.56 Å². The third-order valence-corrected chi connectivity index (χ3v) is 5.82. The first-order valence-electron chi connectivity index (χ1n) is 9.26. The Morgan fingerprint density at radius 1 is 1.14 bits per heavy atom. The minimum atomic E-state index is -0.0869. The van der Waals surface area contributed by atoms with Crippen molar-refractivity contribution in [2.75, 3.05) is 0 Å². The maximum absolute atomic E-state index is 13.4. The first-order chi connectivity index (χ1) is 13.6. The molecule has 28 heavy (non-hydrogen) atoms. The number of nitrogens with zero attached hydrogens (tertiary/aromatic N) is 4. The van der Waals surface area contributed by atoms with Crippen LogP contribution in [0.3, 0.4) is 0 Å². The van der Waals surface area contributed by atoms with Crippen LogP contribution in [0.15, 0.2) is 57.0 Å². The highest BCUT2D eigenvalue weighted by atomic mass is 32.2. The lowest BCUT2D eigenvalue weighted by atomic mass is 10.1. The second kappa shape index (κ2) is 7.67. The summed E-state index contributed by atoms with van der Waals surface area (Å²) in [5.41, 5.74) is 4.37. The SMILES string of the molecule is CCn1nc(C)c2nc(SCc3ccccc3C)n(Cc3ccco3)c(=O)c21. The van der Waals surface area contributed by atoms with Crippen molar-refractivity contribution >= 4 is 22.8 Å². The van der Waals surface area contributed by atoms with Crippen LogP contribution in [0.1, 0.15) is 29.5 Å². The number of aryl methyl sites for hydroxylation is 3. The standard InChI is InChI=1S/C21H22N4O2S/c1-4-25-19-18(15(3)23-25)22-21(28-13-16-9-6-5-8-14(16)2)24(20(19)26)12-17-10-7-11-27-17/h5-11H,4,12-13H2,1-3H3. The summed E-state index contributed by atoms with van der Waals surface area (Å²) in [6.07, 6.45) is 1.62. The highest BCUT2D eigenvalue weighted by Gasteiger charge is 2.19. The van der Waals surface area contributed by atoms with Crippen LogP contribution in [0, 0.1) is 13.8 Å². The van der Waals surface area contributed by atoms with E-state index in [1.165, 1.54) is 11.1 Å². The van der Waals surface area contributed by atoms with Gasteiger partial charge in [0.2, 0.25) is 0 Å². The molecule has 3 heterocycles. The quantitative estimate of drug-likeness (QED) is 0.363. The van der Waals surface area contributed by atoms with E-state index in [1.54, 1.807) is 27.3 Å². The molecule has 4 aromatic rings. The van der Waals surface area contributed by atoms with Crippen molar-refractivity contribution in [3.05, 3.63) is 75.6 Å². The number of aromatic nitrogens is 4. The first-order valence-corrected chi connectivity index (χ1v) is 10.2. The van der Waals surface area contributed by atoms with Gasteiger partial charge in [0.05, 0.1) is 18.5 Å². The predicted octanol–water partition coefficient (Wildman–Crippen LogP) is 4.16. The van der Waals surface area contributed by atoms with Gasteiger partial charge in [-0.05, 0) is 44.0 Å². The number of hydrogen-bond acceptors (Lipinski definition) is 5. The van der Waals surface area contributed by atoms with Crippen LogP contribution in [0.5, 0.6) is 0 Å². The van der Waals surface area contributed by atoms with Crippen molar-refractivity contribution in [2.24, 2.45) is 0 Å². The molecule has 0 aliphatic carbocycles. The van der Waals surface area contributed by atoms with Crippen LogP contribution in [-0.2, 0) is 18.8 Å². The van der Waals surface area contributed by atoms with Crippen LogP contribution >= 0.6 is 11.8 Å². The van der Waals surface area contributed by atoms with Crippen LogP contribution in [0.2, 0.25) is 0 Å². The fraction of sp³-hybridized carbons (Fsp3) is 0.286. The van der Waals surface area contributed by atoms with E-state index in [1.807, 2.05) is 38.1 Å². The molecule has 3 aromatic heterocycles. The zero-order valence-electron chi connectivity index (χ0n) is 16.2. The molecule has 0 unspecified atom stereocenters. The molecule has 4 rings (SSSR count). The lowest BCUT2D eigenvalue weighted by Gasteiger charge is -2.12. The molecule has 0 saturated carbocycles. The number of fused-ring (bicyclic) bond motifs is 1. The molecule has 144 valence electrons. The molecule has 0 N–H and O–H groups in total. The van der Waals surface area contributed by atoms with Crippen molar-refractivity contribution in [1.82, 2.24) is 19.3 Å². The summed E-state index contributed by atoms with van der Waals surface area (Å²) in [5.74, 6) is 1.46. The summed E-state index contributed by atoms with van der Waals surface area (Å²) in [4.78, 5) is 18.2. The first kappa shape index (κ1) is 18.6. The minimum absolute atomic E-state index is 0.0869. The van der Waals surface area contributed by atoms with Gasteiger partial charge in [0.1, 0.15) is 11.3 Å². The Bertz CT molecular complexity index is 1180. The monoisotopic (exact) mass is 394 g/mol. The van der Waals surface area contributed by atoms with Gasteiger partial charge in [-0.15, -0.1) is 0 Å². The van der Waals surface area contributed by atoms with Crippen molar-refractivity contribution in [1.29, 1.82) is 0 Å². The van der Waals surface area contributed by atoms with Gasteiger partial charge >= 0.3 is 0 Å².